The number of amides is 2. The third-order valence-corrected chi connectivity index (χ3v) is 6.57. The first kappa shape index (κ1) is 31.4. The number of cyclic esters (lactones) is 1. The molecule has 2 aromatic carbocycles. The van der Waals surface area contributed by atoms with Crippen molar-refractivity contribution in [3.8, 4) is 0 Å². The molecule has 1 aliphatic heterocycles. The number of aliphatic hydroxyl groups is 1. The van der Waals surface area contributed by atoms with E-state index < -0.39 is 47.9 Å². The standard InChI is InChI=1S/C31H35NO9/c1-21-28(24-12-7-4-8-13-24)41-31(38)32(21)30(37)26(20-23-10-5-3-6-11-23)29(40-22(2)34)27(36)16-15-25(35)14-9-18-39-19-17-33/h3-8,10-13,15-16,21,26,28-29,33H,9,14,17-20H2,1-2H3/t21-,26-,28-,29-/m1/s1. The number of aliphatic hydroxyl groups excluding tert-OH is 1. The topological polar surface area (TPSA) is 137 Å². The monoisotopic (exact) mass is 565 g/mol. The van der Waals surface area contributed by atoms with E-state index >= 15 is 0 Å². The van der Waals surface area contributed by atoms with Crippen LogP contribution in [0.3, 0.4) is 0 Å². The lowest BCUT2D eigenvalue weighted by Crippen LogP contribution is -2.48. The third kappa shape index (κ3) is 8.92. The minimum absolute atomic E-state index is 0.0140. The number of imide groups is 1. The Bertz CT molecular complexity index is 1230. The van der Waals surface area contributed by atoms with E-state index in [1.807, 2.05) is 6.07 Å². The first-order valence-electron chi connectivity index (χ1n) is 13.5. The van der Waals surface area contributed by atoms with Crippen LogP contribution in [0.15, 0.2) is 72.8 Å². The van der Waals surface area contributed by atoms with Crippen LogP contribution in [0.2, 0.25) is 0 Å². The molecule has 1 heterocycles. The van der Waals surface area contributed by atoms with Gasteiger partial charge in [0, 0.05) is 20.0 Å². The van der Waals surface area contributed by atoms with Crippen molar-refractivity contribution in [1.82, 2.24) is 4.90 Å². The Kier molecular flexibility index (Phi) is 11.9. The Hall–Kier alpha value is -4.15. The molecule has 0 saturated carbocycles. The van der Waals surface area contributed by atoms with E-state index in [2.05, 4.69) is 0 Å². The molecular formula is C31H35NO9. The molecule has 1 fully saturated rings. The average molecular weight is 566 g/mol. The fourth-order valence-corrected chi connectivity index (χ4v) is 4.60. The number of carbonyl (C=O) groups excluding carboxylic acids is 5. The van der Waals surface area contributed by atoms with Crippen LogP contribution in [0.4, 0.5) is 4.79 Å². The normalized spacial score (nSPS) is 18.1. The van der Waals surface area contributed by atoms with Crippen molar-refractivity contribution in [2.45, 2.75) is 51.4 Å². The van der Waals surface area contributed by atoms with Crippen LogP contribution < -0.4 is 0 Å². The van der Waals surface area contributed by atoms with Crippen LogP contribution in [0.25, 0.3) is 0 Å². The van der Waals surface area contributed by atoms with Crippen molar-refractivity contribution >= 4 is 29.5 Å². The summed E-state index contributed by atoms with van der Waals surface area (Å²) in [5, 5.41) is 8.75. The molecule has 10 nitrogen and oxygen atoms in total. The first-order valence-corrected chi connectivity index (χ1v) is 13.5. The minimum atomic E-state index is -1.59. The molecule has 0 aliphatic carbocycles. The zero-order valence-corrected chi connectivity index (χ0v) is 23.1. The fourth-order valence-electron chi connectivity index (χ4n) is 4.60. The van der Waals surface area contributed by atoms with E-state index in [0.29, 0.717) is 17.5 Å². The van der Waals surface area contributed by atoms with E-state index in [-0.39, 0.29) is 38.4 Å². The molecule has 2 amide bonds. The molecule has 41 heavy (non-hydrogen) atoms. The van der Waals surface area contributed by atoms with Gasteiger partial charge in [0.2, 0.25) is 5.91 Å². The maximum Gasteiger partial charge on any atom is 0.417 e. The molecule has 0 bridgehead atoms. The van der Waals surface area contributed by atoms with Gasteiger partial charge in [-0.15, -0.1) is 0 Å². The van der Waals surface area contributed by atoms with Gasteiger partial charge in [0.15, 0.2) is 17.7 Å². The Morgan fingerprint density at radius 3 is 2.29 bits per heavy atom. The fraction of sp³-hybridized carbons (Fsp3) is 0.387. The van der Waals surface area contributed by atoms with Crippen LogP contribution in [0.1, 0.15) is 43.9 Å². The van der Waals surface area contributed by atoms with Gasteiger partial charge in [-0.2, -0.15) is 0 Å². The quantitative estimate of drug-likeness (QED) is 0.196. The van der Waals surface area contributed by atoms with Crippen LogP contribution in [0.5, 0.6) is 0 Å². The Morgan fingerprint density at radius 2 is 1.66 bits per heavy atom. The molecule has 10 heteroatoms. The van der Waals surface area contributed by atoms with Gasteiger partial charge in [0.1, 0.15) is 6.10 Å². The predicted molar refractivity (Wildman–Crippen MR) is 147 cm³/mol. The van der Waals surface area contributed by atoms with Crippen LogP contribution in [-0.4, -0.2) is 71.5 Å². The Labute approximate surface area is 238 Å². The number of nitrogens with zero attached hydrogens (tertiary/aromatic N) is 1. The largest absolute Gasteiger partial charge is 0.453 e. The molecule has 0 spiro atoms. The van der Waals surface area contributed by atoms with Gasteiger partial charge in [-0.3, -0.25) is 19.2 Å². The van der Waals surface area contributed by atoms with E-state index in [1.54, 1.807) is 61.5 Å². The summed E-state index contributed by atoms with van der Waals surface area (Å²) >= 11 is 0. The molecule has 1 aliphatic rings. The maximum absolute atomic E-state index is 14.0. The number of hydrogen-bond donors (Lipinski definition) is 1. The second-order valence-electron chi connectivity index (χ2n) is 9.63. The van der Waals surface area contributed by atoms with E-state index in [1.165, 1.54) is 0 Å². The van der Waals surface area contributed by atoms with Gasteiger partial charge in [-0.05, 0) is 43.0 Å². The van der Waals surface area contributed by atoms with Gasteiger partial charge in [-0.25, -0.2) is 9.69 Å². The average Bonchev–Trinajstić information content (AvgIpc) is 3.27. The van der Waals surface area contributed by atoms with E-state index in [4.69, 9.17) is 19.3 Å². The zero-order chi connectivity index (χ0) is 29.8. The second-order valence-corrected chi connectivity index (χ2v) is 9.63. The lowest BCUT2D eigenvalue weighted by molar-refractivity contribution is -0.158. The van der Waals surface area contributed by atoms with E-state index in [9.17, 15) is 24.0 Å². The summed E-state index contributed by atoms with van der Waals surface area (Å²) in [5.41, 5.74) is 1.39. The summed E-state index contributed by atoms with van der Waals surface area (Å²) in [7, 11) is 0. The number of esters is 1. The van der Waals surface area contributed by atoms with Gasteiger partial charge < -0.3 is 19.3 Å². The van der Waals surface area contributed by atoms with Crippen LogP contribution in [-0.2, 0) is 39.8 Å². The Morgan fingerprint density at radius 1 is 1.00 bits per heavy atom. The highest BCUT2D eigenvalue weighted by Crippen LogP contribution is 2.34. The van der Waals surface area contributed by atoms with Crippen molar-refractivity contribution in [2.75, 3.05) is 19.8 Å². The molecule has 1 N–H and O–H groups in total. The number of benzene rings is 2. The lowest BCUT2D eigenvalue weighted by atomic mass is 9.89. The number of rotatable bonds is 15. The van der Waals surface area contributed by atoms with Crippen molar-refractivity contribution in [1.29, 1.82) is 0 Å². The van der Waals surface area contributed by atoms with Crippen LogP contribution in [0, 0.1) is 5.92 Å². The lowest BCUT2D eigenvalue weighted by Gasteiger charge is -2.28. The second kappa shape index (κ2) is 15.6. The number of ketones is 2. The smallest absolute Gasteiger partial charge is 0.417 e. The summed E-state index contributed by atoms with van der Waals surface area (Å²) in [6, 6.07) is 17.1. The van der Waals surface area contributed by atoms with Gasteiger partial charge in [0.05, 0.1) is 25.2 Å². The van der Waals surface area contributed by atoms with Crippen molar-refractivity contribution in [3.63, 3.8) is 0 Å². The molecule has 4 atom stereocenters. The number of allylic oxidation sites excluding steroid dienone is 1. The summed E-state index contributed by atoms with van der Waals surface area (Å²) in [5.74, 6) is -3.93. The maximum atomic E-state index is 14.0. The van der Waals surface area contributed by atoms with Crippen molar-refractivity contribution in [3.05, 3.63) is 83.9 Å². The minimum Gasteiger partial charge on any atom is -0.453 e. The molecule has 218 valence electrons. The number of ether oxygens (including phenoxy) is 3. The zero-order valence-electron chi connectivity index (χ0n) is 23.1. The highest BCUT2D eigenvalue weighted by atomic mass is 16.6. The van der Waals surface area contributed by atoms with Crippen molar-refractivity contribution < 1.29 is 43.3 Å². The Balaban J connectivity index is 1.86. The van der Waals surface area contributed by atoms with Gasteiger partial charge >= 0.3 is 12.1 Å². The van der Waals surface area contributed by atoms with Crippen molar-refractivity contribution in [2.24, 2.45) is 5.92 Å². The SMILES string of the molecule is CC(=O)O[C@@H](C(=O)C=CC(=O)CCCOCCO)[C@@H](Cc1ccccc1)C(=O)N1C(=O)O[C@@H](c2ccccc2)[C@H]1C. The highest BCUT2D eigenvalue weighted by molar-refractivity contribution is 6.04. The molecule has 0 aromatic heterocycles. The third-order valence-electron chi connectivity index (χ3n) is 6.57. The number of hydrogen-bond acceptors (Lipinski definition) is 9. The van der Waals surface area contributed by atoms with Crippen LogP contribution >= 0.6 is 0 Å². The van der Waals surface area contributed by atoms with E-state index in [0.717, 1.165) is 24.0 Å². The molecule has 3 rings (SSSR count). The molecule has 0 unspecified atom stereocenters. The molecule has 0 radical (unpaired) electrons. The number of carbonyl (C=O) groups is 5. The first-order chi connectivity index (χ1) is 19.7. The molecule has 1 saturated heterocycles. The summed E-state index contributed by atoms with van der Waals surface area (Å²) < 4.78 is 16.0. The summed E-state index contributed by atoms with van der Waals surface area (Å²) in [6.45, 7) is 3.10. The molecular weight excluding hydrogens is 530 g/mol. The summed E-state index contributed by atoms with van der Waals surface area (Å²) in [6.07, 6.45) is -0.631. The molecule has 2 aromatic rings. The predicted octanol–water partition coefficient (Wildman–Crippen LogP) is 3.37. The van der Waals surface area contributed by atoms with Gasteiger partial charge in [-0.1, -0.05) is 60.7 Å². The summed E-state index contributed by atoms with van der Waals surface area (Å²) in [4.78, 5) is 65.7. The van der Waals surface area contributed by atoms with Gasteiger partial charge in [0.25, 0.3) is 0 Å². The highest BCUT2D eigenvalue weighted by Gasteiger charge is 2.48.